The molecule has 1 aromatic rings. The molecule has 15 heavy (non-hydrogen) atoms. The summed E-state index contributed by atoms with van der Waals surface area (Å²) in [5.74, 6) is -0.223. The van der Waals surface area contributed by atoms with E-state index in [1.165, 1.54) is 12.1 Å². The summed E-state index contributed by atoms with van der Waals surface area (Å²) in [7, 11) is 0. The fourth-order valence-corrected chi connectivity index (χ4v) is 2.28. The van der Waals surface area contributed by atoms with Crippen LogP contribution in [-0.4, -0.2) is 6.54 Å². The number of nitrogens with one attached hydrogen (secondary N) is 1. The number of benzene rings is 1. The summed E-state index contributed by atoms with van der Waals surface area (Å²) in [6.07, 6.45) is 1.50. The molecule has 0 aromatic heterocycles. The highest BCUT2D eigenvalue weighted by molar-refractivity contribution is 5.43. The Hall–Kier alpha value is -1.40. The molecule has 0 spiro atoms. The van der Waals surface area contributed by atoms with Gasteiger partial charge in [0.25, 0.3) is 0 Å². The monoisotopic (exact) mass is 204 g/mol. The highest BCUT2D eigenvalue weighted by Crippen LogP contribution is 2.36. The maximum absolute atomic E-state index is 13.0. The van der Waals surface area contributed by atoms with E-state index in [2.05, 4.69) is 11.4 Å². The van der Waals surface area contributed by atoms with Gasteiger partial charge < -0.3 is 0 Å². The number of hydrogen-bond donors (Lipinski definition) is 1. The van der Waals surface area contributed by atoms with Gasteiger partial charge in [-0.15, -0.1) is 0 Å². The van der Waals surface area contributed by atoms with Crippen LogP contribution in [-0.2, 0) is 12.0 Å². The zero-order chi connectivity index (χ0) is 10.9. The van der Waals surface area contributed by atoms with Crippen LogP contribution in [0, 0.1) is 17.1 Å². The molecular formula is C12H13FN2. The average Bonchev–Trinajstić information content (AvgIpc) is 2.58. The molecule has 2 nitrogen and oxygen atoms in total. The topological polar surface area (TPSA) is 35.8 Å². The maximum Gasteiger partial charge on any atom is 0.132 e. The summed E-state index contributed by atoms with van der Waals surface area (Å²) in [5, 5.41) is 12.5. The summed E-state index contributed by atoms with van der Waals surface area (Å²) in [6, 6.07) is 7.00. The van der Waals surface area contributed by atoms with Crippen molar-refractivity contribution in [1.29, 1.82) is 5.26 Å². The number of hydrogen-bond acceptors (Lipinski definition) is 2. The van der Waals surface area contributed by atoms with E-state index in [0.29, 0.717) is 0 Å². The molecular weight excluding hydrogens is 191 g/mol. The van der Waals surface area contributed by atoms with Crippen LogP contribution >= 0.6 is 0 Å². The summed E-state index contributed by atoms with van der Waals surface area (Å²) in [6.45, 7) is 2.71. The lowest BCUT2D eigenvalue weighted by Gasteiger charge is -2.22. The number of halogens is 1. The van der Waals surface area contributed by atoms with E-state index in [1.54, 1.807) is 6.07 Å². The molecule has 1 aromatic carbocycles. The normalized spacial score (nSPS) is 23.5. The van der Waals surface area contributed by atoms with Gasteiger partial charge in [0.05, 0.1) is 6.07 Å². The second-order valence-electron chi connectivity index (χ2n) is 3.85. The van der Waals surface area contributed by atoms with Crippen LogP contribution in [0.2, 0.25) is 0 Å². The van der Waals surface area contributed by atoms with Gasteiger partial charge in [-0.25, -0.2) is 4.39 Å². The number of rotatable bonds is 2. The van der Waals surface area contributed by atoms with E-state index in [-0.39, 0.29) is 5.82 Å². The van der Waals surface area contributed by atoms with Gasteiger partial charge in [0.15, 0.2) is 0 Å². The fraction of sp³-hybridized carbons (Fsp3) is 0.417. The van der Waals surface area contributed by atoms with Crippen molar-refractivity contribution in [2.24, 2.45) is 0 Å². The number of aryl methyl sites for hydroxylation is 1. The minimum atomic E-state index is -0.599. The SMILES string of the molecule is CCNC1(C#N)CCc2cc(F)ccc21. The van der Waals surface area contributed by atoms with Crippen molar-refractivity contribution in [3.8, 4) is 6.07 Å². The third-order valence-corrected chi connectivity index (χ3v) is 2.97. The largest absolute Gasteiger partial charge is 0.296 e. The molecule has 1 N–H and O–H groups in total. The molecule has 0 heterocycles. The molecule has 0 bridgehead atoms. The van der Waals surface area contributed by atoms with E-state index < -0.39 is 5.54 Å². The molecule has 0 saturated carbocycles. The fourth-order valence-electron chi connectivity index (χ4n) is 2.28. The molecule has 0 radical (unpaired) electrons. The molecule has 3 heteroatoms. The van der Waals surface area contributed by atoms with Gasteiger partial charge in [0, 0.05) is 0 Å². The molecule has 1 aliphatic carbocycles. The lowest BCUT2D eigenvalue weighted by molar-refractivity contribution is 0.437. The van der Waals surface area contributed by atoms with Gasteiger partial charge in [-0.3, -0.25) is 5.32 Å². The lowest BCUT2D eigenvalue weighted by Crippen LogP contribution is -2.38. The molecule has 1 unspecified atom stereocenters. The Labute approximate surface area is 88.7 Å². The Morgan fingerprint density at radius 1 is 1.60 bits per heavy atom. The second kappa shape index (κ2) is 3.63. The standard InChI is InChI=1S/C12H13FN2/c1-2-15-12(8-14)6-5-9-7-10(13)3-4-11(9)12/h3-4,7,15H,2,5-6H2,1H3. The summed E-state index contributed by atoms with van der Waals surface area (Å²) >= 11 is 0. The zero-order valence-electron chi connectivity index (χ0n) is 8.68. The van der Waals surface area contributed by atoms with Crippen molar-refractivity contribution < 1.29 is 4.39 Å². The van der Waals surface area contributed by atoms with Crippen molar-refractivity contribution in [2.75, 3.05) is 6.54 Å². The van der Waals surface area contributed by atoms with Crippen molar-refractivity contribution in [2.45, 2.75) is 25.3 Å². The summed E-state index contributed by atoms with van der Waals surface area (Å²) in [5.41, 5.74) is 1.29. The predicted octanol–water partition coefficient (Wildman–Crippen LogP) is 2.10. The second-order valence-corrected chi connectivity index (χ2v) is 3.85. The molecule has 1 atom stereocenters. The number of fused-ring (bicyclic) bond motifs is 1. The van der Waals surface area contributed by atoms with Crippen molar-refractivity contribution in [1.82, 2.24) is 5.32 Å². The molecule has 1 aliphatic rings. The van der Waals surface area contributed by atoms with Crippen molar-refractivity contribution >= 4 is 0 Å². The van der Waals surface area contributed by atoms with Crippen LogP contribution in [0.25, 0.3) is 0 Å². The van der Waals surface area contributed by atoms with Crippen molar-refractivity contribution in [3.05, 3.63) is 35.1 Å². The number of nitrogens with zero attached hydrogens (tertiary/aromatic N) is 1. The maximum atomic E-state index is 13.0. The first kappa shape index (κ1) is 10.1. The first-order valence-electron chi connectivity index (χ1n) is 5.17. The van der Waals surface area contributed by atoms with Crippen LogP contribution in [0.3, 0.4) is 0 Å². The summed E-state index contributed by atoms with van der Waals surface area (Å²) in [4.78, 5) is 0. The number of nitriles is 1. The Morgan fingerprint density at radius 2 is 2.40 bits per heavy atom. The highest BCUT2D eigenvalue weighted by Gasteiger charge is 2.38. The zero-order valence-corrected chi connectivity index (χ0v) is 8.68. The molecule has 0 aliphatic heterocycles. The highest BCUT2D eigenvalue weighted by atomic mass is 19.1. The molecule has 78 valence electrons. The van der Waals surface area contributed by atoms with E-state index in [0.717, 1.165) is 30.5 Å². The van der Waals surface area contributed by atoms with Crippen molar-refractivity contribution in [3.63, 3.8) is 0 Å². The Kier molecular flexibility index (Phi) is 2.45. The first-order valence-corrected chi connectivity index (χ1v) is 5.17. The van der Waals surface area contributed by atoms with E-state index in [9.17, 15) is 9.65 Å². The minimum absolute atomic E-state index is 0.223. The van der Waals surface area contributed by atoms with Gasteiger partial charge in [-0.05, 0) is 42.6 Å². The van der Waals surface area contributed by atoms with Crippen LogP contribution in [0.1, 0.15) is 24.5 Å². The van der Waals surface area contributed by atoms with Gasteiger partial charge >= 0.3 is 0 Å². The van der Waals surface area contributed by atoms with Gasteiger partial charge in [0.1, 0.15) is 11.4 Å². The van der Waals surface area contributed by atoms with Crippen LogP contribution in [0.4, 0.5) is 4.39 Å². The lowest BCUT2D eigenvalue weighted by atomic mass is 9.93. The van der Waals surface area contributed by atoms with E-state index in [4.69, 9.17) is 0 Å². The van der Waals surface area contributed by atoms with E-state index in [1.807, 2.05) is 6.92 Å². The third-order valence-electron chi connectivity index (χ3n) is 2.97. The van der Waals surface area contributed by atoms with Gasteiger partial charge in [0.2, 0.25) is 0 Å². The first-order chi connectivity index (χ1) is 7.22. The average molecular weight is 204 g/mol. The van der Waals surface area contributed by atoms with Gasteiger partial charge in [-0.1, -0.05) is 13.0 Å². The van der Waals surface area contributed by atoms with Gasteiger partial charge in [-0.2, -0.15) is 5.26 Å². The Bertz CT molecular complexity index is 422. The Balaban J connectivity index is 2.47. The Morgan fingerprint density at radius 3 is 3.07 bits per heavy atom. The quantitative estimate of drug-likeness (QED) is 0.800. The summed E-state index contributed by atoms with van der Waals surface area (Å²) < 4.78 is 13.0. The smallest absolute Gasteiger partial charge is 0.132 e. The van der Waals surface area contributed by atoms with E-state index >= 15 is 0 Å². The van der Waals surface area contributed by atoms with Crippen LogP contribution in [0.5, 0.6) is 0 Å². The van der Waals surface area contributed by atoms with Crippen LogP contribution in [0.15, 0.2) is 18.2 Å². The molecule has 0 amide bonds. The predicted molar refractivity (Wildman–Crippen MR) is 55.7 cm³/mol. The molecule has 0 saturated heterocycles. The molecule has 0 fully saturated rings. The minimum Gasteiger partial charge on any atom is -0.296 e. The third kappa shape index (κ3) is 1.51. The molecule has 2 rings (SSSR count). The van der Waals surface area contributed by atoms with Crippen LogP contribution < -0.4 is 5.32 Å².